The monoisotopic (exact) mass is 706 g/mol. The largest absolute Gasteiger partial charge is 0.523 e. The molecule has 8 saturated carbocycles. The van der Waals surface area contributed by atoms with Gasteiger partial charge in [0.1, 0.15) is 6.10 Å². The highest BCUT2D eigenvalue weighted by Crippen LogP contribution is 2.71. The molecule has 0 spiro atoms. The van der Waals surface area contributed by atoms with Crippen LogP contribution in [0.15, 0.2) is 12.2 Å². The van der Waals surface area contributed by atoms with Crippen molar-refractivity contribution in [3.8, 4) is 0 Å². The van der Waals surface area contributed by atoms with E-state index in [4.69, 9.17) is 4.74 Å². The maximum atomic E-state index is 13.2. The van der Waals surface area contributed by atoms with E-state index in [2.05, 4.69) is 14.9 Å². The number of rotatable bonds is 11. The maximum absolute atomic E-state index is 13.2. The van der Waals surface area contributed by atoms with Crippen molar-refractivity contribution in [2.24, 2.45) is 45.3 Å². The topological polar surface area (TPSA) is 113 Å². The maximum Gasteiger partial charge on any atom is 0.523 e. The summed E-state index contributed by atoms with van der Waals surface area (Å²) in [5.41, 5.74) is -13.7. The predicted octanol–water partition coefficient (Wildman–Crippen LogP) is 6.77. The molecule has 0 aromatic heterocycles. The lowest BCUT2D eigenvalue weighted by Crippen LogP contribution is -2.60. The van der Waals surface area contributed by atoms with Crippen molar-refractivity contribution < 1.29 is 61.1 Å². The second kappa shape index (κ2) is 10.8. The first-order chi connectivity index (χ1) is 21.0. The molecule has 0 aromatic rings. The lowest BCUT2D eigenvalue weighted by Gasteiger charge is -2.66. The Balaban J connectivity index is 1.29. The van der Waals surface area contributed by atoms with Gasteiger partial charge in [-0.2, -0.15) is 43.2 Å². The summed E-state index contributed by atoms with van der Waals surface area (Å²) >= 11 is 0. The van der Waals surface area contributed by atoms with Crippen molar-refractivity contribution in [3.05, 3.63) is 12.2 Å². The van der Waals surface area contributed by atoms with Gasteiger partial charge in [0.15, 0.2) is 0 Å². The van der Waals surface area contributed by atoms with E-state index in [1.54, 1.807) is 0 Å². The zero-order valence-electron chi connectivity index (χ0n) is 25.6. The van der Waals surface area contributed by atoms with Crippen LogP contribution in [-0.4, -0.2) is 53.1 Å². The molecule has 0 saturated heterocycles. The standard InChI is InChI=1S/C30H40F6O8S2/c1-18(2)24(37)44-23(28-11-21-4-22(12-28)10-27(9-21,15-28)17-43-46(40,41)30(34,35)36)13-25-5-19-3-20(6-25)8-26(7-19,14-25)16-42-45(38,39)29(31,32)33/h19-23H,1,3-17H2,2H3. The summed E-state index contributed by atoms with van der Waals surface area (Å²) in [4.78, 5) is 13.1. The van der Waals surface area contributed by atoms with Gasteiger partial charge in [0.2, 0.25) is 0 Å². The molecular weight excluding hydrogens is 666 g/mol. The molecule has 262 valence electrons. The molecule has 0 N–H and O–H groups in total. The number of ether oxygens (including phenoxy) is 1. The van der Waals surface area contributed by atoms with Crippen LogP contribution in [0.3, 0.4) is 0 Å². The van der Waals surface area contributed by atoms with Crippen molar-refractivity contribution in [1.82, 2.24) is 0 Å². The van der Waals surface area contributed by atoms with Crippen LogP contribution in [0.25, 0.3) is 0 Å². The lowest BCUT2D eigenvalue weighted by molar-refractivity contribution is -0.207. The van der Waals surface area contributed by atoms with E-state index >= 15 is 0 Å². The molecule has 8 rings (SSSR count). The van der Waals surface area contributed by atoms with Crippen LogP contribution in [0.2, 0.25) is 0 Å². The van der Waals surface area contributed by atoms with Crippen LogP contribution < -0.4 is 0 Å². The first-order valence-corrected chi connectivity index (χ1v) is 18.6. The summed E-state index contributed by atoms with van der Waals surface area (Å²) in [6.07, 6.45) is 6.94. The quantitative estimate of drug-likeness (QED) is 0.0761. The van der Waals surface area contributed by atoms with Crippen molar-refractivity contribution in [2.75, 3.05) is 13.2 Å². The minimum absolute atomic E-state index is 0.0770. The molecule has 0 aromatic carbocycles. The molecule has 8 aliphatic carbocycles. The Morgan fingerprint density at radius 3 is 1.52 bits per heavy atom. The number of halogens is 6. The van der Waals surface area contributed by atoms with Gasteiger partial charge in [-0.05, 0) is 130 Å². The van der Waals surface area contributed by atoms with E-state index in [9.17, 15) is 48.0 Å². The number of hydrogen-bond acceptors (Lipinski definition) is 8. The zero-order valence-corrected chi connectivity index (χ0v) is 27.2. The Morgan fingerprint density at radius 2 is 1.11 bits per heavy atom. The predicted molar refractivity (Wildman–Crippen MR) is 150 cm³/mol. The number of carbonyl (C=O) groups is 1. The summed E-state index contributed by atoms with van der Waals surface area (Å²) < 4.78 is 142. The number of esters is 1. The van der Waals surface area contributed by atoms with Gasteiger partial charge in [-0.15, -0.1) is 0 Å². The van der Waals surface area contributed by atoms with Crippen molar-refractivity contribution in [1.29, 1.82) is 0 Å². The van der Waals surface area contributed by atoms with Crippen molar-refractivity contribution in [2.45, 2.75) is 108 Å². The van der Waals surface area contributed by atoms with E-state index in [1.165, 1.54) is 6.92 Å². The summed E-state index contributed by atoms with van der Waals surface area (Å²) in [5.74, 6) is -0.190. The fourth-order valence-electron chi connectivity index (χ4n) is 11.7. The second-order valence-electron chi connectivity index (χ2n) is 16.0. The Kier molecular flexibility index (Phi) is 8.10. The molecular formula is C30H40F6O8S2. The van der Waals surface area contributed by atoms with Crippen LogP contribution in [0.4, 0.5) is 26.3 Å². The zero-order chi connectivity index (χ0) is 33.8. The Bertz CT molecular complexity index is 1460. The minimum atomic E-state index is -5.80. The van der Waals surface area contributed by atoms with E-state index in [1.807, 2.05) is 0 Å². The van der Waals surface area contributed by atoms with Crippen LogP contribution in [0.1, 0.15) is 90.4 Å². The molecule has 0 aliphatic heterocycles. The van der Waals surface area contributed by atoms with Gasteiger partial charge in [0, 0.05) is 11.0 Å². The molecule has 5 unspecified atom stereocenters. The third-order valence-electron chi connectivity index (χ3n) is 12.0. The molecule has 16 heteroatoms. The molecule has 8 aliphatic rings. The van der Waals surface area contributed by atoms with Gasteiger partial charge >= 0.3 is 37.2 Å². The second-order valence-corrected chi connectivity index (χ2v) is 19.2. The van der Waals surface area contributed by atoms with Gasteiger partial charge in [0.05, 0.1) is 13.2 Å². The average molecular weight is 707 g/mol. The molecule has 8 nitrogen and oxygen atoms in total. The first-order valence-electron chi connectivity index (χ1n) is 15.8. The third-order valence-corrected chi connectivity index (χ3v) is 14.0. The van der Waals surface area contributed by atoms with Crippen LogP contribution in [-0.2, 0) is 38.1 Å². The van der Waals surface area contributed by atoms with Crippen LogP contribution in [0, 0.1) is 45.3 Å². The van der Waals surface area contributed by atoms with E-state index in [0.717, 1.165) is 25.7 Å². The van der Waals surface area contributed by atoms with E-state index in [-0.39, 0.29) is 29.2 Å². The fraction of sp³-hybridized carbons (Fsp3) is 0.900. The molecule has 8 fully saturated rings. The number of hydrogen-bond donors (Lipinski definition) is 0. The molecule has 5 atom stereocenters. The summed E-state index contributed by atoms with van der Waals surface area (Å²) in [7, 11) is -11.6. The first kappa shape index (κ1) is 34.5. The molecule has 0 radical (unpaired) electrons. The summed E-state index contributed by atoms with van der Waals surface area (Å²) in [6.45, 7) is 4.03. The third kappa shape index (κ3) is 6.14. The lowest BCUT2D eigenvalue weighted by atomic mass is 9.40. The van der Waals surface area contributed by atoms with E-state index < -0.39 is 78.2 Å². The van der Waals surface area contributed by atoms with Gasteiger partial charge in [-0.1, -0.05) is 6.58 Å². The Hall–Kier alpha value is -1.39. The Morgan fingerprint density at radius 1 is 0.717 bits per heavy atom. The summed E-state index contributed by atoms with van der Waals surface area (Å²) in [6, 6.07) is 0. The smallest absolute Gasteiger partial charge is 0.458 e. The summed E-state index contributed by atoms with van der Waals surface area (Å²) in [5, 5.41) is 0. The highest BCUT2D eigenvalue weighted by molar-refractivity contribution is 7.87. The van der Waals surface area contributed by atoms with Crippen molar-refractivity contribution in [3.63, 3.8) is 0 Å². The van der Waals surface area contributed by atoms with Gasteiger partial charge in [-0.3, -0.25) is 8.37 Å². The fourth-order valence-corrected chi connectivity index (χ4v) is 12.8. The molecule has 0 amide bonds. The van der Waals surface area contributed by atoms with Crippen LogP contribution >= 0.6 is 0 Å². The number of alkyl halides is 6. The highest BCUT2D eigenvalue weighted by Gasteiger charge is 2.65. The minimum Gasteiger partial charge on any atom is -0.458 e. The molecule has 0 heterocycles. The van der Waals surface area contributed by atoms with Crippen LogP contribution in [0.5, 0.6) is 0 Å². The molecule has 8 bridgehead atoms. The van der Waals surface area contributed by atoms with Gasteiger partial charge in [0.25, 0.3) is 0 Å². The van der Waals surface area contributed by atoms with Gasteiger partial charge in [-0.25, -0.2) is 4.79 Å². The molecule has 46 heavy (non-hydrogen) atoms. The van der Waals surface area contributed by atoms with Crippen molar-refractivity contribution >= 4 is 26.2 Å². The van der Waals surface area contributed by atoms with E-state index in [0.29, 0.717) is 57.8 Å². The Labute approximate surface area is 265 Å². The average Bonchev–Trinajstić information content (AvgIpc) is 2.88. The highest BCUT2D eigenvalue weighted by atomic mass is 32.2. The van der Waals surface area contributed by atoms with Gasteiger partial charge < -0.3 is 4.74 Å². The number of carbonyl (C=O) groups excluding carboxylic acids is 1. The SMILES string of the molecule is C=C(C)C(=O)OC(CC12CC3CC(CC(COS(=O)(=O)C(F)(F)F)(C3)C1)C2)C12CC3CC(CC(COS(=O)(=O)C(F)(F)F)(C3)C1)C2. The normalized spacial score (nSPS) is 40.7.